The molecule has 106 valence electrons. The molecule has 0 saturated heterocycles. The Morgan fingerprint density at radius 1 is 1.10 bits per heavy atom. The van der Waals surface area contributed by atoms with Crippen molar-refractivity contribution in [3.8, 4) is 0 Å². The highest BCUT2D eigenvalue weighted by atomic mass is 32.2. The van der Waals surface area contributed by atoms with Gasteiger partial charge in [0.15, 0.2) is 0 Å². The van der Waals surface area contributed by atoms with Crippen molar-refractivity contribution in [1.29, 1.82) is 0 Å². The highest BCUT2D eigenvalue weighted by Crippen LogP contribution is 2.46. The maximum absolute atomic E-state index is 2.38. The van der Waals surface area contributed by atoms with E-state index in [1.165, 1.54) is 32.5 Å². The Bertz CT molecular complexity index is 659. The average Bonchev–Trinajstić information content (AvgIpc) is 2.63. The normalized spacial score (nSPS) is 17.4. The maximum atomic E-state index is 2.38. The van der Waals surface area contributed by atoms with Crippen LogP contribution in [0, 0.1) is 5.41 Å². The Morgan fingerprint density at radius 3 is 2.55 bits per heavy atom. The summed E-state index contributed by atoms with van der Waals surface area (Å²) in [6.07, 6.45) is 1.14. The molecule has 0 amide bonds. The molecule has 2 aromatic rings. The summed E-state index contributed by atoms with van der Waals surface area (Å²) < 4.78 is 0. The van der Waals surface area contributed by atoms with Crippen LogP contribution in [-0.4, -0.2) is 5.75 Å². The molecule has 0 nitrogen and oxygen atoms in total. The van der Waals surface area contributed by atoms with Crippen LogP contribution in [0.2, 0.25) is 0 Å². The van der Waals surface area contributed by atoms with Gasteiger partial charge in [-0.25, -0.2) is 0 Å². The summed E-state index contributed by atoms with van der Waals surface area (Å²) in [6.45, 7) is 11.6. The van der Waals surface area contributed by atoms with Gasteiger partial charge in [0.1, 0.15) is 0 Å². The molecule has 0 N–H and O–H groups in total. The van der Waals surface area contributed by atoms with Crippen LogP contribution in [0.4, 0.5) is 0 Å². The van der Waals surface area contributed by atoms with E-state index in [0.717, 1.165) is 6.42 Å². The summed E-state index contributed by atoms with van der Waals surface area (Å²) in [5.74, 6) is 1.20. The van der Waals surface area contributed by atoms with Crippen LogP contribution in [0.1, 0.15) is 45.7 Å². The van der Waals surface area contributed by atoms with E-state index >= 15 is 0 Å². The molecule has 3 rings (SSSR count). The zero-order valence-corrected chi connectivity index (χ0v) is 14.0. The molecule has 0 aliphatic carbocycles. The molecular formula is C19H24S. The second-order valence-corrected chi connectivity index (χ2v) is 8.89. The first-order valence-electron chi connectivity index (χ1n) is 7.45. The Labute approximate surface area is 127 Å². The summed E-state index contributed by atoms with van der Waals surface area (Å²) in [5.41, 5.74) is 3.64. The third-order valence-electron chi connectivity index (χ3n) is 4.08. The minimum Gasteiger partial charge on any atom is -0.124 e. The Morgan fingerprint density at radius 2 is 1.85 bits per heavy atom. The molecule has 0 fully saturated rings. The average molecular weight is 284 g/mol. The number of benzene rings is 2. The van der Waals surface area contributed by atoms with E-state index in [1.54, 1.807) is 0 Å². The highest BCUT2D eigenvalue weighted by Gasteiger charge is 2.31. The van der Waals surface area contributed by atoms with E-state index in [0.29, 0.717) is 10.8 Å². The molecule has 2 aromatic carbocycles. The van der Waals surface area contributed by atoms with Gasteiger partial charge in [0.2, 0.25) is 0 Å². The quantitative estimate of drug-likeness (QED) is 0.636. The summed E-state index contributed by atoms with van der Waals surface area (Å²) >= 11 is 2.02. The molecule has 0 spiro atoms. The number of rotatable bonds is 1. The first-order valence-corrected chi connectivity index (χ1v) is 8.44. The van der Waals surface area contributed by atoms with Gasteiger partial charge in [-0.05, 0) is 33.7 Å². The van der Waals surface area contributed by atoms with Crippen molar-refractivity contribution >= 4 is 22.5 Å². The highest BCUT2D eigenvalue weighted by molar-refractivity contribution is 8.00. The van der Waals surface area contributed by atoms with Gasteiger partial charge in [-0.15, -0.1) is 11.8 Å². The largest absolute Gasteiger partial charge is 0.124 e. The fourth-order valence-corrected chi connectivity index (χ4v) is 4.59. The van der Waals surface area contributed by atoms with Gasteiger partial charge in [-0.3, -0.25) is 0 Å². The van der Waals surface area contributed by atoms with Crippen molar-refractivity contribution in [2.45, 2.75) is 51.3 Å². The maximum Gasteiger partial charge on any atom is 0.0189 e. The standard InChI is InChI=1S/C19H24S/c1-18(2,3)11-13-6-8-15-14(10-13)7-9-16-17(15)20-12-19(16,4)5/h6-10H,11-12H2,1-5H3. The molecule has 0 saturated carbocycles. The summed E-state index contributed by atoms with van der Waals surface area (Å²) in [6, 6.07) is 11.7. The van der Waals surface area contributed by atoms with Crippen LogP contribution in [-0.2, 0) is 11.8 Å². The molecule has 1 aliphatic heterocycles. The topological polar surface area (TPSA) is 0 Å². The van der Waals surface area contributed by atoms with Crippen LogP contribution in [0.5, 0.6) is 0 Å². The van der Waals surface area contributed by atoms with Gasteiger partial charge in [0.25, 0.3) is 0 Å². The van der Waals surface area contributed by atoms with Crippen LogP contribution in [0.15, 0.2) is 35.2 Å². The minimum atomic E-state index is 0.318. The van der Waals surface area contributed by atoms with Gasteiger partial charge in [0.05, 0.1) is 0 Å². The van der Waals surface area contributed by atoms with Gasteiger partial charge >= 0.3 is 0 Å². The van der Waals surface area contributed by atoms with Crippen molar-refractivity contribution in [2.24, 2.45) is 5.41 Å². The molecule has 0 bridgehead atoms. The van der Waals surface area contributed by atoms with Crippen molar-refractivity contribution in [3.05, 3.63) is 41.5 Å². The first-order chi connectivity index (χ1) is 9.26. The Kier molecular flexibility index (Phi) is 3.17. The molecule has 0 aromatic heterocycles. The van der Waals surface area contributed by atoms with Gasteiger partial charge in [0, 0.05) is 16.1 Å². The molecule has 0 atom stereocenters. The predicted molar refractivity (Wildman–Crippen MR) is 90.9 cm³/mol. The molecule has 1 heteroatoms. The van der Waals surface area contributed by atoms with Crippen molar-refractivity contribution < 1.29 is 0 Å². The number of thioether (sulfide) groups is 1. The third kappa shape index (κ3) is 2.48. The summed E-state index contributed by atoms with van der Waals surface area (Å²) in [5, 5.41) is 2.84. The smallest absolute Gasteiger partial charge is 0.0189 e. The monoisotopic (exact) mass is 284 g/mol. The minimum absolute atomic E-state index is 0.318. The van der Waals surface area contributed by atoms with Crippen molar-refractivity contribution in [2.75, 3.05) is 5.75 Å². The van der Waals surface area contributed by atoms with E-state index < -0.39 is 0 Å². The second kappa shape index (κ2) is 4.53. The van der Waals surface area contributed by atoms with Crippen molar-refractivity contribution in [3.63, 3.8) is 0 Å². The first kappa shape index (κ1) is 14.0. The summed E-state index contributed by atoms with van der Waals surface area (Å²) in [4.78, 5) is 1.51. The lowest BCUT2D eigenvalue weighted by molar-refractivity contribution is 0.411. The number of fused-ring (bicyclic) bond motifs is 3. The summed E-state index contributed by atoms with van der Waals surface area (Å²) in [7, 11) is 0. The van der Waals surface area contributed by atoms with E-state index in [1.807, 2.05) is 11.8 Å². The molecule has 0 unspecified atom stereocenters. The fourth-order valence-electron chi connectivity index (χ4n) is 3.09. The molecular weight excluding hydrogens is 260 g/mol. The number of hydrogen-bond acceptors (Lipinski definition) is 1. The fraction of sp³-hybridized carbons (Fsp3) is 0.474. The van der Waals surface area contributed by atoms with E-state index in [4.69, 9.17) is 0 Å². The van der Waals surface area contributed by atoms with Crippen LogP contribution < -0.4 is 0 Å². The van der Waals surface area contributed by atoms with E-state index in [2.05, 4.69) is 65.0 Å². The lowest BCUT2D eigenvalue weighted by Crippen LogP contribution is -2.15. The van der Waals surface area contributed by atoms with E-state index in [-0.39, 0.29) is 0 Å². The zero-order chi connectivity index (χ0) is 14.5. The molecule has 0 radical (unpaired) electrons. The lowest BCUT2D eigenvalue weighted by Gasteiger charge is -2.19. The Balaban J connectivity index is 2.09. The van der Waals surface area contributed by atoms with Crippen LogP contribution >= 0.6 is 11.8 Å². The third-order valence-corrected chi connectivity index (χ3v) is 5.67. The van der Waals surface area contributed by atoms with Gasteiger partial charge in [-0.1, -0.05) is 65.0 Å². The Hall–Kier alpha value is -0.950. The van der Waals surface area contributed by atoms with Crippen LogP contribution in [0.3, 0.4) is 0 Å². The molecule has 1 heterocycles. The predicted octanol–water partition coefficient (Wildman–Crippen LogP) is 5.81. The number of hydrogen-bond donors (Lipinski definition) is 0. The van der Waals surface area contributed by atoms with Gasteiger partial charge < -0.3 is 0 Å². The zero-order valence-electron chi connectivity index (χ0n) is 13.2. The van der Waals surface area contributed by atoms with Crippen molar-refractivity contribution in [1.82, 2.24) is 0 Å². The van der Waals surface area contributed by atoms with Crippen LogP contribution in [0.25, 0.3) is 10.8 Å². The van der Waals surface area contributed by atoms with E-state index in [9.17, 15) is 0 Å². The molecule has 1 aliphatic rings. The lowest BCUT2D eigenvalue weighted by atomic mass is 9.84. The molecule has 20 heavy (non-hydrogen) atoms. The van der Waals surface area contributed by atoms with Gasteiger partial charge in [-0.2, -0.15) is 0 Å². The second-order valence-electron chi connectivity index (χ2n) is 7.91. The SMILES string of the molecule is CC(C)(C)Cc1ccc2c3c(ccc2c1)C(C)(C)CS3.